The van der Waals surface area contributed by atoms with Crippen molar-refractivity contribution in [1.82, 2.24) is 4.98 Å². The maximum Gasteiger partial charge on any atom is 0.129 e. The third kappa shape index (κ3) is 2.18. The molecule has 1 heterocycles. The van der Waals surface area contributed by atoms with Gasteiger partial charge in [-0.25, -0.2) is 4.98 Å². The monoisotopic (exact) mass is 219 g/mol. The zero-order chi connectivity index (χ0) is 10.7. The first-order chi connectivity index (χ1) is 7.31. The molecule has 0 amide bonds. The number of para-hydroxylation sites is 1. The fourth-order valence-corrected chi connectivity index (χ4v) is 2.23. The van der Waals surface area contributed by atoms with E-state index in [1.165, 1.54) is 0 Å². The van der Waals surface area contributed by atoms with E-state index < -0.39 is 0 Å². The van der Waals surface area contributed by atoms with E-state index in [0.29, 0.717) is 6.61 Å². The van der Waals surface area contributed by atoms with Crippen LogP contribution < -0.4 is 4.74 Å². The zero-order valence-corrected chi connectivity index (χ0v) is 9.67. The Balaban J connectivity index is 2.42. The van der Waals surface area contributed by atoms with Crippen molar-refractivity contribution in [2.24, 2.45) is 0 Å². The molecule has 0 aliphatic carbocycles. The molecule has 1 aromatic carbocycles. The van der Waals surface area contributed by atoms with Crippen LogP contribution in [0.25, 0.3) is 10.6 Å². The van der Waals surface area contributed by atoms with E-state index in [0.717, 1.165) is 22.0 Å². The van der Waals surface area contributed by atoms with Crippen molar-refractivity contribution in [3.63, 3.8) is 0 Å². The van der Waals surface area contributed by atoms with Crippen molar-refractivity contribution in [3.05, 3.63) is 35.3 Å². The van der Waals surface area contributed by atoms with E-state index in [1.54, 1.807) is 11.3 Å². The molecule has 0 spiro atoms. The largest absolute Gasteiger partial charge is 0.493 e. The van der Waals surface area contributed by atoms with Crippen molar-refractivity contribution >= 4 is 11.3 Å². The summed E-state index contributed by atoms with van der Waals surface area (Å²) in [4.78, 5) is 4.46. The topological polar surface area (TPSA) is 22.1 Å². The van der Waals surface area contributed by atoms with Gasteiger partial charge in [0.1, 0.15) is 10.8 Å². The standard InChI is InChI=1S/C12H13NOS/c1-3-14-11-7-5-4-6-10(11)12-13-9(2)8-15-12/h4-8H,3H2,1-2H3. The molecule has 3 heteroatoms. The van der Waals surface area contributed by atoms with Crippen molar-refractivity contribution < 1.29 is 4.74 Å². The van der Waals surface area contributed by atoms with Crippen molar-refractivity contribution in [1.29, 1.82) is 0 Å². The highest BCUT2D eigenvalue weighted by atomic mass is 32.1. The molecule has 0 N–H and O–H groups in total. The predicted octanol–water partition coefficient (Wildman–Crippen LogP) is 3.52. The molecule has 15 heavy (non-hydrogen) atoms. The zero-order valence-electron chi connectivity index (χ0n) is 8.86. The first-order valence-corrected chi connectivity index (χ1v) is 5.83. The fraction of sp³-hybridized carbons (Fsp3) is 0.250. The van der Waals surface area contributed by atoms with Crippen LogP contribution in [0.15, 0.2) is 29.6 Å². The Kier molecular flexibility index (Phi) is 3.02. The summed E-state index contributed by atoms with van der Waals surface area (Å²) < 4.78 is 5.57. The Morgan fingerprint density at radius 3 is 2.80 bits per heavy atom. The quantitative estimate of drug-likeness (QED) is 0.788. The maximum atomic E-state index is 5.57. The third-order valence-corrected chi connectivity index (χ3v) is 3.03. The highest BCUT2D eigenvalue weighted by Gasteiger charge is 2.08. The first-order valence-electron chi connectivity index (χ1n) is 4.95. The smallest absolute Gasteiger partial charge is 0.129 e. The lowest BCUT2D eigenvalue weighted by molar-refractivity contribution is 0.341. The Labute approximate surface area is 93.6 Å². The van der Waals surface area contributed by atoms with Crippen LogP contribution in [0.5, 0.6) is 5.75 Å². The van der Waals surface area contributed by atoms with Gasteiger partial charge in [0, 0.05) is 11.1 Å². The predicted molar refractivity (Wildman–Crippen MR) is 63.5 cm³/mol. The molecule has 0 bridgehead atoms. The maximum absolute atomic E-state index is 5.57. The molecular weight excluding hydrogens is 206 g/mol. The normalized spacial score (nSPS) is 10.3. The van der Waals surface area contributed by atoms with Crippen molar-refractivity contribution in [2.45, 2.75) is 13.8 Å². The molecule has 0 saturated carbocycles. The number of ether oxygens (including phenoxy) is 1. The van der Waals surface area contributed by atoms with Crippen LogP contribution in [0.1, 0.15) is 12.6 Å². The van der Waals surface area contributed by atoms with Crippen LogP contribution in [-0.4, -0.2) is 11.6 Å². The molecule has 2 rings (SSSR count). The third-order valence-electron chi connectivity index (χ3n) is 2.04. The van der Waals surface area contributed by atoms with Crippen LogP contribution in [-0.2, 0) is 0 Å². The number of nitrogens with zero attached hydrogens (tertiary/aromatic N) is 1. The molecule has 2 nitrogen and oxygen atoms in total. The van der Waals surface area contributed by atoms with E-state index in [1.807, 2.05) is 38.1 Å². The highest BCUT2D eigenvalue weighted by molar-refractivity contribution is 7.13. The molecule has 0 aliphatic rings. The summed E-state index contributed by atoms with van der Waals surface area (Å²) in [5, 5.41) is 3.08. The lowest BCUT2D eigenvalue weighted by Crippen LogP contribution is -1.93. The molecule has 0 fully saturated rings. The molecule has 0 radical (unpaired) electrons. The minimum atomic E-state index is 0.682. The minimum Gasteiger partial charge on any atom is -0.493 e. The van der Waals surface area contributed by atoms with Crippen LogP contribution in [0.4, 0.5) is 0 Å². The second kappa shape index (κ2) is 4.45. The van der Waals surface area contributed by atoms with Crippen molar-refractivity contribution in [2.75, 3.05) is 6.61 Å². The van der Waals surface area contributed by atoms with E-state index in [-0.39, 0.29) is 0 Å². The molecule has 0 unspecified atom stereocenters. The fourth-order valence-electron chi connectivity index (χ4n) is 1.40. The second-order valence-corrected chi connectivity index (χ2v) is 4.08. The summed E-state index contributed by atoms with van der Waals surface area (Å²) in [6, 6.07) is 8.02. The molecular formula is C12H13NOS. The Morgan fingerprint density at radius 2 is 2.13 bits per heavy atom. The van der Waals surface area contributed by atoms with Gasteiger partial charge in [-0.1, -0.05) is 12.1 Å². The lowest BCUT2D eigenvalue weighted by atomic mass is 10.2. The van der Waals surface area contributed by atoms with Gasteiger partial charge < -0.3 is 4.74 Å². The first kappa shape index (κ1) is 10.2. The summed E-state index contributed by atoms with van der Waals surface area (Å²) in [6.07, 6.45) is 0. The van der Waals surface area contributed by atoms with Gasteiger partial charge in [0.25, 0.3) is 0 Å². The van der Waals surface area contributed by atoms with Gasteiger partial charge in [0.2, 0.25) is 0 Å². The van der Waals surface area contributed by atoms with Crippen molar-refractivity contribution in [3.8, 4) is 16.3 Å². The van der Waals surface area contributed by atoms with E-state index >= 15 is 0 Å². The van der Waals surface area contributed by atoms with E-state index in [4.69, 9.17) is 4.74 Å². The van der Waals surface area contributed by atoms with E-state index in [9.17, 15) is 0 Å². The minimum absolute atomic E-state index is 0.682. The van der Waals surface area contributed by atoms with Gasteiger partial charge >= 0.3 is 0 Å². The molecule has 0 atom stereocenters. The number of aryl methyl sites for hydroxylation is 1. The SMILES string of the molecule is CCOc1ccccc1-c1nc(C)cs1. The Bertz CT molecular complexity index is 450. The van der Waals surface area contributed by atoms with Crippen LogP contribution >= 0.6 is 11.3 Å². The second-order valence-electron chi connectivity index (χ2n) is 3.22. The van der Waals surface area contributed by atoms with Gasteiger partial charge in [-0.15, -0.1) is 11.3 Å². The Morgan fingerprint density at radius 1 is 1.33 bits per heavy atom. The van der Waals surface area contributed by atoms with Gasteiger partial charge in [-0.05, 0) is 26.0 Å². The van der Waals surface area contributed by atoms with Crippen LogP contribution in [0.2, 0.25) is 0 Å². The van der Waals surface area contributed by atoms with Gasteiger partial charge in [0.05, 0.1) is 12.2 Å². The number of thiazole rings is 1. The van der Waals surface area contributed by atoms with Gasteiger partial charge in [-0.3, -0.25) is 0 Å². The van der Waals surface area contributed by atoms with Gasteiger partial charge in [0.15, 0.2) is 0 Å². The number of benzene rings is 1. The number of rotatable bonds is 3. The number of aromatic nitrogens is 1. The molecule has 78 valence electrons. The number of hydrogen-bond acceptors (Lipinski definition) is 3. The highest BCUT2D eigenvalue weighted by Crippen LogP contribution is 2.31. The Hall–Kier alpha value is -1.35. The summed E-state index contributed by atoms with van der Waals surface area (Å²) in [5.41, 5.74) is 2.14. The summed E-state index contributed by atoms with van der Waals surface area (Å²) >= 11 is 1.65. The van der Waals surface area contributed by atoms with Crippen LogP contribution in [0.3, 0.4) is 0 Å². The molecule has 0 aliphatic heterocycles. The molecule has 2 aromatic rings. The molecule has 0 saturated heterocycles. The number of hydrogen-bond donors (Lipinski definition) is 0. The average molecular weight is 219 g/mol. The van der Waals surface area contributed by atoms with Crippen LogP contribution in [0, 0.1) is 6.92 Å². The summed E-state index contributed by atoms with van der Waals surface area (Å²) in [6.45, 7) is 4.68. The summed E-state index contributed by atoms with van der Waals surface area (Å²) in [5.74, 6) is 0.911. The van der Waals surface area contributed by atoms with Gasteiger partial charge in [-0.2, -0.15) is 0 Å². The lowest BCUT2D eigenvalue weighted by Gasteiger charge is -2.06. The summed E-state index contributed by atoms with van der Waals surface area (Å²) in [7, 11) is 0. The van der Waals surface area contributed by atoms with E-state index in [2.05, 4.69) is 10.4 Å². The average Bonchev–Trinajstić information content (AvgIpc) is 2.66. The molecule has 1 aromatic heterocycles.